The van der Waals surface area contributed by atoms with Crippen LogP contribution < -0.4 is 14.2 Å². The van der Waals surface area contributed by atoms with E-state index >= 15 is 0 Å². The third kappa shape index (κ3) is 7.59. The first kappa shape index (κ1) is 28.2. The van der Waals surface area contributed by atoms with Crippen molar-refractivity contribution in [3.63, 3.8) is 0 Å². The fourth-order valence-electron chi connectivity index (χ4n) is 4.09. The van der Waals surface area contributed by atoms with Crippen LogP contribution in [0.15, 0.2) is 83.4 Å². The van der Waals surface area contributed by atoms with E-state index in [1.165, 1.54) is 12.0 Å². The molecule has 0 spiro atoms. The van der Waals surface area contributed by atoms with Gasteiger partial charge in [0, 0.05) is 5.56 Å². The number of aromatic nitrogens is 2. The van der Waals surface area contributed by atoms with Crippen molar-refractivity contribution in [3.05, 3.63) is 90.3 Å². The molecular weight excluding hydrogens is 514 g/mol. The highest BCUT2D eigenvalue weighted by atomic mass is 16.6. The van der Waals surface area contributed by atoms with Gasteiger partial charge in [0.25, 0.3) is 5.89 Å². The van der Waals surface area contributed by atoms with Gasteiger partial charge >= 0.3 is 12.1 Å². The van der Waals surface area contributed by atoms with Crippen LogP contribution in [-0.4, -0.2) is 45.9 Å². The number of ether oxygens (including phenoxy) is 3. The van der Waals surface area contributed by atoms with Crippen molar-refractivity contribution in [3.8, 4) is 28.7 Å². The number of carboxylic acid groups (broad SMARTS) is 1. The lowest BCUT2D eigenvalue weighted by Crippen LogP contribution is -2.41. The summed E-state index contributed by atoms with van der Waals surface area (Å²) in [5.41, 5.74) is 1.57. The number of rotatable bonds is 12. The number of hydrogen-bond acceptors (Lipinski definition) is 8. The van der Waals surface area contributed by atoms with Crippen LogP contribution in [0.2, 0.25) is 0 Å². The number of nitrogens with zero attached hydrogens (tertiary/aromatic N) is 3. The first-order chi connectivity index (χ1) is 19.3. The summed E-state index contributed by atoms with van der Waals surface area (Å²) in [5, 5.41) is 13.6. The second-order valence-electron chi connectivity index (χ2n) is 9.45. The van der Waals surface area contributed by atoms with Crippen LogP contribution in [-0.2, 0) is 11.4 Å². The summed E-state index contributed by atoms with van der Waals surface area (Å²) in [7, 11) is 1.54. The van der Waals surface area contributed by atoms with Crippen LogP contribution in [0.1, 0.15) is 37.7 Å². The average molecular weight is 546 g/mol. The average Bonchev–Trinajstić information content (AvgIpc) is 3.44. The summed E-state index contributed by atoms with van der Waals surface area (Å²) >= 11 is 0. The van der Waals surface area contributed by atoms with E-state index in [9.17, 15) is 14.7 Å². The van der Waals surface area contributed by atoms with E-state index < -0.39 is 24.6 Å². The Labute approximate surface area is 232 Å². The maximum atomic E-state index is 13.2. The number of hydrogen-bond donors (Lipinski definition) is 1. The highest BCUT2D eigenvalue weighted by Gasteiger charge is 2.30. The van der Waals surface area contributed by atoms with Crippen molar-refractivity contribution < 1.29 is 33.4 Å². The summed E-state index contributed by atoms with van der Waals surface area (Å²) in [4.78, 5) is 30.5. The topological polar surface area (TPSA) is 124 Å². The summed E-state index contributed by atoms with van der Waals surface area (Å²) in [6, 6.07) is 22.5. The molecule has 10 heteroatoms. The van der Waals surface area contributed by atoms with Crippen molar-refractivity contribution in [2.24, 2.45) is 5.92 Å². The SMILES string of the molecule is COc1ccc(OC(=O)N(CC(=O)O)C(CC(C)C)c2ccc(OCc3noc(-c4ccccc4)n3)cc2)cc1. The highest BCUT2D eigenvalue weighted by Crippen LogP contribution is 2.31. The number of carboxylic acids is 1. The van der Waals surface area contributed by atoms with Crippen molar-refractivity contribution in [2.45, 2.75) is 32.9 Å². The van der Waals surface area contributed by atoms with Crippen molar-refractivity contribution in [1.82, 2.24) is 15.0 Å². The molecule has 0 saturated heterocycles. The van der Waals surface area contributed by atoms with Crippen LogP contribution in [0.3, 0.4) is 0 Å². The Kier molecular flexibility index (Phi) is 9.35. The first-order valence-electron chi connectivity index (χ1n) is 12.8. The van der Waals surface area contributed by atoms with Gasteiger partial charge in [0.1, 0.15) is 23.8 Å². The van der Waals surface area contributed by atoms with Gasteiger partial charge in [-0.2, -0.15) is 4.98 Å². The highest BCUT2D eigenvalue weighted by molar-refractivity contribution is 5.78. The Morgan fingerprint density at radius 2 is 1.57 bits per heavy atom. The Hall–Kier alpha value is -4.86. The minimum absolute atomic E-state index is 0.102. The normalized spacial score (nSPS) is 11.6. The van der Waals surface area contributed by atoms with Crippen molar-refractivity contribution in [2.75, 3.05) is 13.7 Å². The predicted octanol–water partition coefficient (Wildman–Crippen LogP) is 6.00. The molecule has 40 heavy (non-hydrogen) atoms. The number of aliphatic carboxylic acids is 1. The van der Waals surface area contributed by atoms with Crippen LogP contribution >= 0.6 is 0 Å². The molecule has 0 bridgehead atoms. The summed E-state index contributed by atoms with van der Waals surface area (Å²) in [6.45, 7) is 3.59. The lowest BCUT2D eigenvalue weighted by molar-refractivity contribution is -0.138. The molecule has 0 fully saturated rings. The largest absolute Gasteiger partial charge is 0.497 e. The Morgan fingerprint density at radius 3 is 2.20 bits per heavy atom. The predicted molar refractivity (Wildman–Crippen MR) is 146 cm³/mol. The number of benzene rings is 3. The molecule has 1 amide bonds. The van der Waals surface area contributed by atoms with E-state index in [1.54, 1.807) is 36.4 Å². The third-order valence-corrected chi connectivity index (χ3v) is 6.00. The van der Waals surface area contributed by atoms with Gasteiger partial charge in [-0.15, -0.1) is 0 Å². The second-order valence-corrected chi connectivity index (χ2v) is 9.45. The number of methoxy groups -OCH3 is 1. The maximum Gasteiger partial charge on any atom is 0.416 e. The molecule has 4 aromatic rings. The van der Waals surface area contributed by atoms with Gasteiger partial charge in [0.15, 0.2) is 6.61 Å². The van der Waals surface area contributed by atoms with E-state index in [4.69, 9.17) is 18.7 Å². The monoisotopic (exact) mass is 545 g/mol. The molecule has 10 nitrogen and oxygen atoms in total. The molecule has 0 aliphatic heterocycles. The lowest BCUT2D eigenvalue weighted by Gasteiger charge is -2.31. The summed E-state index contributed by atoms with van der Waals surface area (Å²) in [5.74, 6) is 1.28. The van der Waals surface area contributed by atoms with Gasteiger partial charge in [-0.25, -0.2) is 4.79 Å². The zero-order valence-electron chi connectivity index (χ0n) is 22.5. The molecule has 0 aliphatic rings. The molecule has 1 atom stereocenters. The Morgan fingerprint density at radius 1 is 0.925 bits per heavy atom. The van der Waals surface area contributed by atoms with Gasteiger partial charge < -0.3 is 23.8 Å². The molecule has 1 N–H and O–H groups in total. The molecule has 0 saturated carbocycles. The second kappa shape index (κ2) is 13.3. The van der Waals surface area contributed by atoms with Crippen molar-refractivity contribution in [1.29, 1.82) is 0 Å². The molecule has 1 heterocycles. The molecular formula is C30H31N3O7. The number of carbonyl (C=O) groups excluding carboxylic acids is 1. The van der Waals surface area contributed by atoms with Gasteiger partial charge in [-0.1, -0.05) is 49.3 Å². The Balaban J connectivity index is 1.47. The van der Waals surface area contributed by atoms with E-state index in [2.05, 4.69) is 10.1 Å². The van der Waals surface area contributed by atoms with E-state index in [0.29, 0.717) is 29.6 Å². The van der Waals surface area contributed by atoms with Gasteiger partial charge in [0.05, 0.1) is 13.2 Å². The fourth-order valence-corrected chi connectivity index (χ4v) is 4.09. The Bertz CT molecular complexity index is 1390. The summed E-state index contributed by atoms with van der Waals surface area (Å²) in [6.07, 6.45) is -0.235. The first-order valence-corrected chi connectivity index (χ1v) is 12.8. The minimum atomic E-state index is -1.14. The van der Waals surface area contributed by atoms with Gasteiger partial charge in [-0.05, 0) is 66.4 Å². The molecule has 1 aromatic heterocycles. The number of carbonyl (C=O) groups is 2. The van der Waals surface area contributed by atoms with Gasteiger partial charge in [-0.3, -0.25) is 9.69 Å². The van der Waals surface area contributed by atoms with Crippen molar-refractivity contribution >= 4 is 12.1 Å². The summed E-state index contributed by atoms with van der Waals surface area (Å²) < 4.78 is 21.8. The van der Waals surface area contributed by atoms with E-state index in [-0.39, 0.29) is 18.3 Å². The smallest absolute Gasteiger partial charge is 0.416 e. The molecule has 4 rings (SSSR count). The van der Waals surface area contributed by atoms with Crippen LogP contribution in [0.25, 0.3) is 11.5 Å². The lowest BCUT2D eigenvalue weighted by atomic mass is 9.95. The standard InChI is InChI=1S/C30H31N3O7/c1-20(2)17-26(33(18-28(34)35)30(36)39-25-15-13-23(37-3)14-16-25)21-9-11-24(12-10-21)38-19-27-31-29(40-32-27)22-7-5-4-6-8-22/h4-16,20,26H,17-19H2,1-3H3,(H,34,35). The van der Waals surface area contributed by atoms with Crippen LogP contribution in [0, 0.1) is 5.92 Å². The van der Waals surface area contributed by atoms with Crippen LogP contribution in [0.4, 0.5) is 4.79 Å². The van der Waals surface area contributed by atoms with Crippen LogP contribution in [0.5, 0.6) is 17.2 Å². The van der Waals surface area contributed by atoms with Gasteiger partial charge in [0.2, 0.25) is 5.82 Å². The molecule has 0 aliphatic carbocycles. The molecule has 1 unspecified atom stereocenters. The molecule has 3 aromatic carbocycles. The maximum absolute atomic E-state index is 13.2. The van der Waals surface area contributed by atoms with E-state index in [1.807, 2.05) is 56.3 Å². The minimum Gasteiger partial charge on any atom is -0.497 e. The zero-order valence-corrected chi connectivity index (χ0v) is 22.5. The number of amides is 1. The zero-order chi connectivity index (χ0) is 28.5. The molecule has 0 radical (unpaired) electrons. The molecule has 208 valence electrons. The fraction of sp³-hybridized carbons (Fsp3) is 0.267. The third-order valence-electron chi connectivity index (χ3n) is 6.00. The quantitative estimate of drug-likeness (QED) is 0.228. The van der Waals surface area contributed by atoms with E-state index in [0.717, 1.165) is 11.1 Å².